The van der Waals surface area contributed by atoms with E-state index in [-0.39, 0.29) is 0 Å². The van der Waals surface area contributed by atoms with E-state index in [4.69, 9.17) is 0 Å². The Bertz CT molecular complexity index is 308. The highest BCUT2D eigenvalue weighted by atomic mass is 15.2. The predicted octanol–water partition coefficient (Wildman–Crippen LogP) is 1.44. The van der Waals surface area contributed by atoms with Crippen molar-refractivity contribution in [2.75, 3.05) is 19.6 Å². The normalized spacial score (nSPS) is 20.0. The molecule has 1 aliphatic rings. The third kappa shape index (κ3) is 4.06. The molecule has 1 fully saturated rings. The minimum absolute atomic E-state index is 0.658. The van der Waals surface area contributed by atoms with E-state index in [1.165, 1.54) is 25.8 Å². The highest BCUT2D eigenvalue weighted by Crippen LogP contribution is 2.09. The maximum absolute atomic E-state index is 4.30. The lowest BCUT2D eigenvalue weighted by Gasteiger charge is -2.24. The molecule has 4 nitrogen and oxygen atoms in total. The minimum Gasteiger partial charge on any atom is -0.313 e. The summed E-state index contributed by atoms with van der Waals surface area (Å²) in [5.74, 6) is 0.930. The largest absolute Gasteiger partial charge is 0.313 e. The molecular weight excluding hydrogens is 212 g/mol. The summed E-state index contributed by atoms with van der Waals surface area (Å²) in [6.45, 7) is 6.50. The molecule has 17 heavy (non-hydrogen) atoms. The molecule has 2 heterocycles. The van der Waals surface area contributed by atoms with Crippen LogP contribution in [-0.4, -0.2) is 40.5 Å². The van der Waals surface area contributed by atoms with E-state index in [2.05, 4.69) is 27.1 Å². The maximum atomic E-state index is 4.30. The van der Waals surface area contributed by atoms with Crippen LogP contribution in [0.5, 0.6) is 0 Å². The molecule has 0 amide bonds. The molecule has 1 saturated heterocycles. The van der Waals surface area contributed by atoms with Gasteiger partial charge < -0.3 is 5.32 Å². The van der Waals surface area contributed by atoms with Gasteiger partial charge in [-0.2, -0.15) is 0 Å². The van der Waals surface area contributed by atoms with Gasteiger partial charge in [0.2, 0.25) is 0 Å². The molecule has 1 aliphatic heterocycles. The van der Waals surface area contributed by atoms with Gasteiger partial charge in [0.25, 0.3) is 0 Å². The monoisotopic (exact) mass is 234 g/mol. The first-order valence-electron chi connectivity index (χ1n) is 6.60. The molecule has 0 spiro atoms. The van der Waals surface area contributed by atoms with Crippen LogP contribution in [0.25, 0.3) is 0 Å². The molecular formula is C13H22N4. The van der Waals surface area contributed by atoms with Crippen molar-refractivity contribution in [3.63, 3.8) is 0 Å². The molecule has 0 bridgehead atoms. The molecule has 1 unspecified atom stereocenters. The fraction of sp³-hybridized carbons (Fsp3) is 0.692. The van der Waals surface area contributed by atoms with Gasteiger partial charge in [0.1, 0.15) is 5.82 Å². The van der Waals surface area contributed by atoms with E-state index in [1.807, 2.05) is 18.5 Å². The van der Waals surface area contributed by atoms with Crippen molar-refractivity contribution in [1.29, 1.82) is 0 Å². The SMILES string of the molecule is CCCN(Cc1ncccn1)CC1CCCN1. The third-order valence-corrected chi connectivity index (χ3v) is 3.17. The Morgan fingerprint density at radius 2 is 2.24 bits per heavy atom. The summed E-state index contributed by atoms with van der Waals surface area (Å²) in [5.41, 5.74) is 0. The van der Waals surface area contributed by atoms with Crippen LogP contribution < -0.4 is 5.32 Å². The van der Waals surface area contributed by atoms with E-state index in [0.29, 0.717) is 6.04 Å². The van der Waals surface area contributed by atoms with Gasteiger partial charge in [0.05, 0.1) is 6.54 Å². The van der Waals surface area contributed by atoms with Crippen molar-refractivity contribution in [1.82, 2.24) is 20.2 Å². The highest BCUT2D eigenvalue weighted by Gasteiger charge is 2.17. The lowest BCUT2D eigenvalue weighted by atomic mass is 10.2. The smallest absolute Gasteiger partial charge is 0.142 e. The number of rotatable bonds is 6. The number of hydrogen-bond donors (Lipinski definition) is 1. The van der Waals surface area contributed by atoms with Crippen molar-refractivity contribution in [2.24, 2.45) is 0 Å². The summed E-state index contributed by atoms with van der Waals surface area (Å²) in [6.07, 6.45) is 7.43. The van der Waals surface area contributed by atoms with Gasteiger partial charge in [-0.15, -0.1) is 0 Å². The molecule has 1 N–H and O–H groups in total. The van der Waals surface area contributed by atoms with Crippen LogP contribution in [0, 0.1) is 0 Å². The Morgan fingerprint density at radius 1 is 1.41 bits per heavy atom. The Hall–Kier alpha value is -1.00. The molecule has 1 atom stereocenters. The molecule has 1 aromatic heterocycles. The summed E-state index contributed by atoms with van der Waals surface area (Å²) in [4.78, 5) is 11.1. The molecule has 2 rings (SSSR count). The van der Waals surface area contributed by atoms with Crippen LogP contribution in [0.2, 0.25) is 0 Å². The van der Waals surface area contributed by atoms with E-state index < -0.39 is 0 Å². The summed E-state index contributed by atoms with van der Waals surface area (Å²) in [6, 6.07) is 2.52. The highest BCUT2D eigenvalue weighted by molar-refractivity contribution is 4.89. The maximum Gasteiger partial charge on any atom is 0.142 e. The van der Waals surface area contributed by atoms with Gasteiger partial charge in [0, 0.05) is 25.0 Å². The zero-order valence-electron chi connectivity index (χ0n) is 10.6. The van der Waals surface area contributed by atoms with Crippen molar-refractivity contribution >= 4 is 0 Å². The van der Waals surface area contributed by atoms with Crippen LogP contribution in [0.3, 0.4) is 0 Å². The molecule has 0 radical (unpaired) electrons. The number of aromatic nitrogens is 2. The fourth-order valence-electron chi connectivity index (χ4n) is 2.39. The number of hydrogen-bond acceptors (Lipinski definition) is 4. The second kappa shape index (κ2) is 6.67. The Labute approximate surface area is 103 Å². The number of nitrogens with one attached hydrogen (secondary N) is 1. The van der Waals surface area contributed by atoms with Gasteiger partial charge in [-0.1, -0.05) is 6.92 Å². The quantitative estimate of drug-likeness (QED) is 0.808. The zero-order chi connectivity index (χ0) is 11.9. The average molecular weight is 234 g/mol. The van der Waals surface area contributed by atoms with Gasteiger partial charge in [-0.3, -0.25) is 4.90 Å². The summed E-state index contributed by atoms with van der Waals surface area (Å²) >= 11 is 0. The summed E-state index contributed by atoms with van der Waals surface area (Å²) in [7, 11) is 0. The van der Waals surface area contributed by atoms with Gasteiger partial charge in [-0.05, 0) is 38.4 Å². The summed E-state index contributed by atoms with van der Waals surface area (Å²) < 4.78 is 0. The minimum atomic E-state index is 0.658. The Balaban J connectivity index is 1.87. The molecule has 4 heteroatoms. The lowest BCUT2D eigenvalue weighted by Crippen LogP contribution is -2.37. The number of nitrogens with zero attached hydrogens (tertiary/aromatic N) is 3. The van der Waals surface area contributed by atoms with E-state index >= 15 is 0 Å². The van der Waals surface area contributed by atoms with Crippen molar-refractivity contribution in [2.45, 2.75) is 38.8 Å². The van der Waals surface area contributed by atoms with Crippen LogP contribution in [0.1, 0.15) is 32.0 Å². The predicted molar refractivity (Wildman–Crippen MR) is 68.6 cm³/mol. The van der Waals surface area contributed by atoms with Crippen molar-refractivity contribution in [3.8, 4) is 0 Å². The van der Waals surface area contributed by atoms with E-state index in [9.17, 15) is 0 Å². The first-order chi connectivity index (χ1) is 8.38. The van der Waals surface area contributed by atoms with E-state index in [0.717, 1.165) is 25.5 Å². The van der Waals surface area contributed by atoms with Crippen molar-refractivity contribution in [3.05, 3.63) is 24.3 Å². The Morgan fingerprint density at radius 3 is 2.88 bits per heavy atom. The second-order valence-corrected chi connectivity index (χ2v) is 4.69. The first kappa shape index (κ1) is 12.5. The zero-order valence-corrected chi connectivity index (χ0v) is 10.6. The van der Waals surface area contributed by atoms with E-state index in [1.54, 1.807) is 0 Å². The molecule has 0 aliphatic carbocycles. The summed E-state index contributed by atoms with van der Waals surface area (Å²) in [5, 5.41) is 3.55. The van der Waals surface area contributed by atoms with Crippen LogP contribution in [0.4, 0.5) is 0 Å². The lowest BCUT2D eigenvalue weighted by molar-refractivity contribution is 0.236. The standard InChI is InChI=1S/C13H22N4/c1-2-9-17(10-12-5-3-6-14-12)11-13-15-7-4-8-16-13/h4,7-8,12,14H,2-3,5-6,9-11H2,1H3. The molecule has 94 valence electrons. The third-order valence-electron chi connectivity index (χ3n) is 3.17. The van der Waals surface area contributed by atoms with Gasteiger partial charge in [-0.25, -0.2) is 9.97 Å². The molecule has 0 aromatic carbocycles. The van der Waals surface area contributed by atoms with Crippen LogP contribution >= 0.6 is 0 Å². The first-order valence-corrected chi connectivity index (χ1v) is 6.60. The average Bonchev–Trinajstić information content (AvgIpc) is 2.83. The molecule has 0 saturated carbocycles. The second-order valence-electron chi connectivity index (χ2n) is 4.69. The van der Waals surface area contributed by atoms with Crippen molar-refractivity contribution < 1.29 is 0 Å². The van der Waals surface area contributed by atoms with Crippen LogP contribution in [-0.2, 0) is 6.54 Å². The molecule has 1 aromatic rings. The fourth-order valence-corrected chi connectivity index (χ4v) is 2.39. The van der Waals surface area contributed by atoms with Gasteiger partial charge in [0.15, 0.2) is 0 Å². The topological polar surface area (TPSA) is 41.1 Å². The van der Waals surface area contributed by atoms with Gasteiger partial charge >= 0.3 is 0 Å². The Kier molecular flexibility index (Phi) is 4.88. The van der Waals surface area contributed by atoms with Crippen LogP contribution in [0.15, 0.2) is 18.5 Å².